The Bertz CT molecular complexity index is 342. The summed E-state index contributed by atoms with van der Waals surface area (Å²) in [6.07, 6.45) is 3.05. The van der Waals surface area contributed by atoms with E-state index in [0.29, 0.717) is 0 Å². The summed E-state index contributed by atoms with van der Waals surface area (Å²) in [5, 5.41) is 0. The molecule has 67 valence electrons. The molecular formula is C11H11O2. The molecule has 0 amide bonds. The molecule has 13 heavy (non-hydrogen) atoms. The first-order valence-electron chi connectivity index (χ1n) is 4.16. The normalized spacial score (nSPS) is 19.5. The Labute approximate surface area is 77.8 Å². The minimum absolute atomic E-state index is 0.0776. The lowest BCUT2D eigenvalue weighted by Crippen LogP contribution is -1.94. The Kier molecular flexibility index (Phi) is 2.07. The van der Waals surface area contributed by atoms with E-state index in [4.69, 9.17) is 9.47 Å². The maximum absolute atomic E-state index is 5.26. The Morgan fingerprint density at radius 1 is 1.23 bits per heavy atom. The average molecular weight is 175 g/mol. The molecule has 1 aliphatic carbocycles. The molecule has 1 aromatic rings. The lowest BCUT2D eigenvalue weighted by Gasteiger charge is -2.06. The molecule has 1 aliphatic rings. The van der Waals surface area contributed by atoms with Gasteiger partial charge in [0.25, 0.3) is 0 Å². The molecular weight excluding hydrogens is 164 g/mol. The number of hydrogen-bond donors (Lipinski definition) is 0. The smallest absolute Gasteiger partial charge is 0.133 e. The van der Waals surface area contributed by atoms with Crippen LogP contribution in [-0.4, -0.2) is 14.2 Å². The van der Waals surface area contributed by atoms with Crippen molar-refractivity contribution < 1.29 is 9.47 Å². The molecule has 1 radical (unpaired) electrons. The zero-order valence-electron chi connectivity index (χ0n) is 7.70. The van der Waals surface area contributed by atoms with Gasteiger partial charge in [0.2, 0.25) is 0 Å². The van der Waals surface area contributed by atoms with E-state index in [9.17, 15) is 0 Å². The van der Waals surface area contributed by atoms with Gasteiger partial charge in [0, 0.05) is 18.7 Å². The van der Waals surface area contributed by atoms with Gasteiger partial charge in [-0.25, -0.2) is 0 Å². The topological polar surface area (TPSA) is 18.5 Å². The summed E-state index contributed by atoms with van der Waals surface area (Å²) in [6.45, 7) is 0. The van der Waals surface area contributed by atoms with Gasteiger partial charge in [-0.2, -0.15) is 0 Å². The quantitative estimate of drug-likeness (QED) is 0.685. The highest BCUT2D eigenvalue weighted by Crippen LogP contribution is 2.35. The van der Waals surface area contributed by atoms with Crippen LogP contribution in [0.25, 0.3) is 5.76 Å². The highest BCUT2D eigenvalue weighted by atomic mass is 16.5. The number of benzene rings is 1. The molecule has 1 aromatic carbocycles. The molecule has 0 N–H and O–H groups in total. The Balaban J connectivity index is 2.47. The number of ether oxygens (including phenoxy) is 2. The van der Waals surface area contributed by atoms with E-state index >= 15 is 0 Å². The molecule has 0 aliphatic heterocycles. The van der Waals surface area contributed by atoms with Gasteiger partial charge < -0.3 is 9.47 Å². The molecule has 0 heterocycles. The minimum atomic E-state index is -0.0776. The predicted molar refractivity (Wildman–Crippen MR) is 49.9 cm³/mol. The van der Waals surface area contributed by atoms with E-state index in [1.54, 1.807) is 14.2 Å². The second kappa shape index (κ2) is 3.23. The lowest BCUT2D eigenvalue weighted by molar-refractivity contribution is 0.139. The van der Waals surface area contributed by atoms with Crippen molar-refractivity contribution in [2.75, 3.05) is 14.2 Å². The van der Waals surface area contributed by atoms with E-state index in [1.807, 2.05) is 24.3 Å². The van der Waals surface area contributed by atoms with Gasteiger partial charge in [0.1, 0.15) is 11.9 Å². The SMILES string of the molecule is COC1=[C]C(OC)c2ccccc21. The second-order valence-corrected chi connectivity index (χ2v) is 2.88. The van der Waals surface area contributed by atoms with Crippen molar-refractivity contribution in [1.29, 1.82) is 0 Å². The zero-order chi connectivity index (χ0) is 9.26. The minimum Gasteiger partial charge on any atom is -0.496 e. The van der Waals surface area contributed by atoms with Crippen LogP contribution in [0.2, 0.25) is 0 Å². The summed E-state index contributed by atoms with van der Waals surface area (Å²) in [6, 6.07) is 8.02. The van der Waals surface area contributed by atoms with Crippen molar-refractivity contribution in [3.63, 3.8) is 0 Å². The zero-order valence-corrected chi connectivity index (χ0v) is 7.70. The van der Waals surface area contributed by atoms with Gasteiger partial charge in [0.05, 0.1) is 7.11 Å². The van der Waals surface area contributed by atoms with Crippen molar-refractivity contribution in [2.24, 2.45) is 0 Å². The van der Waals surface area contributed by atoms with Gasteiger partial charge in [-0.1, -0.05) is 24.3 Å². The Morgan fingerprint density at radius 3 is 2.69 bits per heavy atom. The van der Waals surface area contributed by atoms with Crippen LogP contribution < -0.4 is 0 Å². The van der Waals surface area contributed by atoms with Gasteiger partial charge in [-0.05, 0) is 5.56 Å². The predicted octanol–water partition coefficient (Wildman–Crippen LogP) is 2.18. The molecule has 2 rings (SSSR count). The molecule has 2 nitrogen and oxygen atoms in total. The van der Waals surface area contributed by atoms with Crippen molar-refractivity contribution in [3.8, 4) is 0 Å². The third-order valence-corrected chi connectivity index (χ3v) is 2.19. The molecule has 0 bridgehead atoms. The monoisotopic (exact) mass is 175 g/mol. The average Bonchev–Trinajstić information content (AvgIpc) is 2.56. The number of hydrogen-bond acceptors (Lipinski definition) is 2. The summed E-state index contributed by atoms with van der Waals surface area (Å²) in [5.41, 5.74) is 2.21. The Morgan fingerprint density at radius 2 is 2.00 bits per heavy atom. The number of methoxy groups -OCH3 is 2. The number of rotatable bonds is 2. The number of fused-ring (bicyclic) bond motifs is 1. The van der Waals surface area contributed by atoms with E-state index in [0.717, 1.165) is 16.9 Å². The first-order chi connectivity index (χ1) is 6.36. The lowest BCUT2D eigenvalue weighted by atomic mass is 10.1. The van der Waals surface area contributed by atoms with Crippen LogP contribution in [0.5, 0.6) is 0 Å². The van der Waals surface area contributed by atoms with Gasteiger partial charge in [0.15, 0.2) is 0 Å². The van der Waals surface area contributed by atoms with E-state index in [2.05, 4.69) is 6.08 Å². The third kappa shape index (κ3) is 1.23. The summed E-state index contributed by atoms with van der Waals surface area (Å²) < 4.78 is 10.5. The molecule has 2 heteroatoms. The first kappa shape index (κ1) is 8.32. The maximum atomic E-state index is 5.26. The van der Waals surface area contributed by atoms with Crippen LogP contribution in [0.1, 0.15) is 17.2 Å². The van der Waals surface area contributed by atoms with Crippen LogP contribution in [0.3, 0.4) is 0 Å². The Hall–Kier alpha value is -1.28. The van der Waals surface area contributed by atoms with Crippen molar-refractivity contribution in [3.05, 3.63) is 41.5 Å². The molecule has 0 fully saturated rings. The largest absolute Gasteiger partial charge is 0.496 e. The van der Waals surface area contributed by atoms with Gasteiger partial charge in [-0.15, -0.1) is 0 Å². The molecule has 0 aromatic heterocycles. The van der Waals surface area contributed by atoms with Crippen molar-refractivity contribution >= 4 is 5.76 Å². The van der Waals surface area contributed by atoms with Crippen molar-refractivity contribution in [1.82, 2.24) is 0 Å². The van der Waals surface area contributed by atoms with Gasteiger partial charge in [-0.3, -0.25) is 0 Å². The summed E-state index contributed by atoms with van der Waals surface area (Å²) in [7, 11) is 3.32. The highest BCUT2D eigenvalue weighted by molar-refractivity contribution is 5.67. The van der Waals surface area contributed by atoms with Crippen LogP contribution in [-0.2, 0) is 9.47 Å². The van der Waals surface area contributed by atoms with Crippen LogP contribution in [0.4, 0.5) is 0 Å². The maximum Gasteiger partial charge on any atom is 0.133 e. The fourth-order valence-corrected chi connectivity index (χ4v) is 1.56. The summed E-state index contributed by atoms with van der Waals surface area (Å²) in [5.74, 6) is 0.780. The van der Waals surface area contributed by atoms with Crippen LogP contribution in [0.15, 0.2) is 24.3 Å². The van der Waals surface area contributed by atoms with Crippen LogP contribution in [0, 0.1) is 6.08 Å². The molecule has 1 atom stereocenters. The van der Waals surface area contributed by atoms with Crippen molar-refractivity contribution in [2.45, 2.75) is 6.10 Å². The fraction of sp³-hybridized carbons (Fsp3) is 0.273. The third-order valence-electron chi connectivity index (χ3n) is 2.19. The molecule has 0 spiro atoms. The molecule has 1 unspecified atom stereocenters. The summed E-state index contributed by atoms with van der Waals surface area (Å²) >= 11 is 0. The van der Waals surface area contributed by atoms with E-state index < -0.39 is 0 Å². The standard InChI is InChI=1S/C11H11O2/c1-12-10-7-11(13-2)9-6-4-3-5-8(9)10/h3-6,10H,1-2H3. The summed E-state index contributed by atoms with van der Waals surface area (Å²) in [4.78, 5) is 0. The van der Waals surface area contributed by atoms with Gasteiger partial charge >= 0.3 is 0 Å². The molecule has 0 saturated carbocycles. The van der Waals surface area contributed by atoms with Crippen LogP contribution >= 0.6 is 0 Å². The van der Waals surface area contributed by atoms with E-state index in [-0.39, 0.29) is 6.10 Å². The fourth-order valence-electron chi connectivity index (χ4n) is 1.56. The second-order valence-electron chi connectivity index (χ2n) is 2.88. The van der Waals surface area contributed by atoms with E-state index in [1.165, 1.54) is 0 Å². The highest BCUT2D eigenvalue weighted by Gasteiger charge is 2.23. The first-order valence-corrected chi connectivity index (χ1v) is 4.16. The molecule has 0 saturated heterocycles.